The predicted molar refractivity (Wildman–Crippen MR) is 144 cm³/mol. The van der Waals surface area contributed by atoms with Crippen molar-refractivity contribution in [2.24, 2.45) is 0 Å². The lowest BCUT2D eigenvalue weighted by molar-refractivity contribution is 0.255. The van der Waals surface area contributed by atoms with Crippen molar-refractivity contribution in [1.29, 1.82) is 0 Å². The van der Waals surface area contributed by atoms with Gasteiger partial charge in [-0.3, -0.25) is 4.90 Å². The molecular formula is C26H29Cl2N3OS. The molecule has 0 saturated heterocycles. The molecule has 1 atom stereocenters. The first-order chi connectivity index (χ1) is 15.8. The molecule has 3 rings (SSSR count). The first kappa shape index (κ1) is 25.3. The molecule has 0 aliphatic carbocycles. The number of anilines is 3. The van der Waals surface area contributed by atoms with E-state index in [0.717, 1.165) is 27.3 Å². The summed E-state index contributed by atoms with van der Waals surface area (Å²) in [7, 11) is 0. The second-order valence-corrected chi connectivity index (χ2v) is 9.44. The largest absolute Gasteiger partial charge is 0.398 e. The van der Waals surface area contributed by atoms with Gasteiger partial charge in [-0.25, -0.2) is 4.79 Å². The molecule has 0 radical (unpaired) electrons. The minimum atomic E-state index is -0.250. The molecule has 0 heterocycles. The van der Waals surface area contributed by atoms with E-state index in [1.54, 1.807) is 22.7 Å². The van der Waals surface area contributed by atoms with Crippen molar-refractivity contribution in [3.63, 3.8) is 0 Å². The van der Waals surface area contributed by atoms with Crippen molar-refractivity contribution in [2.45, 2.75) is 44.6 Å². The molecule has 0 saturated carbocycles. The molecule has 3 aromatic rings. The van der Waals surface area contributed by atoms with E-state index in [9.17, 15) is 4.79 Å². The maximum atomic E-state index is 13.8. The summed E-state index contributed by atoms with van der Waals surface area (Å²) in [4.78, 5) is 16.7. The van der Waals surface area contributed by atoms with Gasteiger partial charge in [0.2, 0.25) is 0 Å². The molecule has 2 amide bonds. The Hall–Kier alpha value is -2.34. The molecule has 0 bridgehead atoms. The van der Waals surface area contributed by atoms with Gasteiger partial charge in [0.15, 0.2) is 0 Å². The van der Waals surface area contributed by atoms with Crippen LogP contribution in [0.25, 0.3) is 0 Å². The number of nitrogen functional groups attached to an aromatic ring is 1. The van der Waals surface area contributed by atoms with E-state index < -0.39 is 0 Å². The lowest BCUT2D eigenvalue weighted by Gasteiger charge is -2.31. The van der Waals surface area contributed by atoms with Crippen molar-refractivity contribution in [2.75, 3.05) is 22.2 Å². The molecule has 3 N–H and O–H groups in total. The maximum absolute atomic E-state index is 13.8. The summed E-state index contributed by atoms with van der Waals surface area (Å²) in [6.07, 6.45) is 3.38. The SMILES string of the molecule is CCc1c(N)cc(Cl)c(CC)c1NC(=O)N(c1ccc(SC)cc1)[C@@H](C)c1ccc(Cl)cc1. The Balaban J connectivity index is 2.07. The minimum Gasteiger partial charge on any atom is -0.398 e. The van der Waals surface area contributed by atoms with Crippen LogP contribution in [0.1, 0.15) is 43.5 Å². The Morgan fingerprint density at radius 2 is 1.64 bits per heavy atom. The van der Waals surface area contributed by atoms with Crippen LogP contribution in [0.2, 0.25) is 10.0 Å². The smallest absolute Gasteiger partial charge is 0.326 e. The van der Waals surface area contributed by atoms with Gasteiger partial charge in [-0.1, -0.05) is 49.2 Å². The molecular weight excluding hydrogens is 473 g/mol. The van der Waals surface area contributed by atoms with Gasteiger partial charge >= 0.3 is 6.03 Å². The van der Waals surface area contributed by atoms with E-state index in [1.807, 2.05) is 75.6 Å². The van der Waals surface area contributed by atoms with Crippen LogP contribution in [-0.2, 0) is 12.8 Å². The number of carbonyl (C=O) groups excluding carboxylic acids is 1. The third-order valence-electron chi connectivity index (χ3n) is 5.77. The number of nitrogens with zero attached hydrogens (tertiary/aromatic N) is 1. The molecule has 0 fully saturated rings. The van der Waals surface area contributed by atoms with Crippen LogP contribution in [0.5, 0.6) is 0 Å². The summed E-state index contributed by atoms with van der Waals surface area (Å²) < 4.78 is 0. The van der Waals surface area contributed by atoms with Gasteiger partial charge < -0.3 is 11.1 Å². The highest BCUT2D eigenvalue weighted by Gasteiger charge is 2.26. The Labute approximate surface area is 210 Å². The van der Waals surface area contributed by atoms with Crippen molar-refractivity contribution in [3.8, 4) is 0 Å². The number of halogens is 2. The van der Waals surface area contributed by atoms with Crippen LogP contribution < -0.4 is 16.0 Å². The summed E-state index contributed by atoms with van der Waals surface area (Å²) in [5.41, 5.74) is 11.1. The summed E-state index contributed by atoms with van der Waals surface area (Å²) in [5, 5.41) is 4.36. The predicted octanol–water partition coefficient (Wildman–Crippen LogP) is 8.22. The molecule has 7 heteroatoms. The van der Waals surface area contributed by atoms with Gasteiger partial charge in [-0.15, -0.1) is 11.8 Å². The van der Waals surface area contributed by atoms with Gasteiger partial charge in [-0.2, -0.15) is 0 Å². The molecule has 174 valence electrons. The number of thioether (sulfide) groups is 1. The third kappa shape index (κ3) is 5.60. The molecule has 3 aromatic carbocycles. The Morgan fingerprint density at radius 1 is 1.03 bits per heavy atom. The van der Waals surface area contributed by atoms with E-state index in [2.05, 4.69) is 5.32 Å². The zero-order valence-electron chi connectivity index (χ0n) is 19.3. The van der Waals surface area contributed by atoms with Crippen molar-refractivity contribution < 1.29 is 4.79 Å². The minimum absolute atomic E-state index is 0.242. The van der Waals surface area contributed by atoms with Crippen molar-refractivity contribution in [1.82, 2.24) is 0 Å². The normalized spacial score (nSPS) is 11.8. The lowest BCUT2D eigenvalue weighted by Crippen LogP contribution is -2.37. The number of carbonyl (C=O) groups is 1. The van der Waals surface area contributed by atoms with Crippen LogP contribution >= 0.6 is 35.0 Å². The van der Waals surface area contributed by atoms with E-state index in [4.69, 9.17) is 28.9 Å². The molecule has 0 spiro atoms. The topological polar surface area (TPSA) is 58.4 Å². The number of urea groups is 1. The Morgan fingerprint density at radius 3 is 2.18 bits per heavy atom. The number of nitrogens with one attached hydrogen (secondary N) is 1. The molecule has 0 unspecified atom stereocenters. The average molecular weight is 503 g/mol. The van der Waals surface area contributed by atoms with E-state index in [-0.39, 0.29) is 12.1 Å². The first-order valence-electron chi connectivity index (χ1n) is 10.9. The van der Waals surface area contributed by atoms with E-state index in [1.165, 1.54) is 0 Å². The van der Waals surface area contributed by atoms with Crippen molar-refractivity contribution in [3.05, 3.63) is 81.3 Å². The van der Waals surface area contributed by atoms with Gasteiger partial charge in [0, 0.05) is 26.3 Å². The second-order valence-electron chi connectivity index (χ2n) is 7.71. The van der Waals surface area contributed by atoms with Crippen LogP contribution in [0.4, 0.5) is 21.9 Å². The number of hydrogen-bond acceptors (Lipinski definition) is 3. The number of benzene rings is 3. The summed E-state index contributed by atoms with van der Waals surface area (Å²) in [6, 6.07) is 16.8. The number of rotatable bonds is 7. The fourth-order valence-corrected chi connectivity index (χ4v) is 4.83. The third-order valence-corrected chi connectivity index (χ3v) is 7.10. The highest BCUT2D eigenvalue weighted by Crippen LogP contribution is 2.36. The lowest BCUT2D eigenvalue weighted by atomic mass is 10.0. The number of hydrogen-bond donors (Lipinski definition) is 2. The standard InChI is InChI=1S/C26H29Cl2N3OS/c1-5-21-23(28)15-24(29)22(6-2)25(21)30-26(32)31(19-11-13-20(33-4)14-12-19)16(3)17-7-9-18(27)10-8-17/h7-16H,5-6,29H2,1-4H3,(H,30,32)/t16-/m0/s1. The number of amides is 2. The highest BCUT2D eigenvalue weighted by atomic mass is 35.5. The second kappa shape index (κ2) is 11.2. The quantitative estimate of drug-likeness (QED) is 0.253. The Bertz CT molecular complexity index is 1090. The van der Waals surface area contributed by atoms with E-state index in [0.29, 0.717) is 34.3 Å². The average Bonchev–Trinajstić information content (AvgIpc) is 2.80. The molecule has 33 heavy (non-hydrogen) atoms. The van der Waals surface area contributed by atoms with E-state index >= 15 is 0 Å². The zero-order valence-corrected chi connectivity index (χ0v) is 21.6. The summed E-state index contributed by atoms with van der Waals surface area (Å²) in [5.74, 6) is 0. The van der Waals surface area contributed by atoms with Gasteiger partial charge in [0.1, 0.15) is 0 Å². The van der Waals surface area contributed by atoms with Crippen molar-refractivity contribution >= 4 is 58.1 Å². The number of nitrogens with two attached hydrogens (primary N) is 1. The summed E-state index contributed by atoms with van der Waals surface area (Å²) >= 11 is 14.2. The fourth-order valence-electron chi connectivity index (χ4n) is 3.95. The van der Waals surface area contributed by atoms with Gasteiger partial charge in [0.25, 0.3) is 0 Å². The Kier molecular flexibility index (Phi) is 8.57. The molecule has 4 nitrogen and oxygen atoms in total. The molecule has 0 aliphatic heterocycles. The molecule has 0 aliphatic rings. The van der Waals surface area contributed by atoms with Crippen LogP contribution in [0, 0.1) is 0 Å². The zero-order chi connectivity index (χ0) is 24.1. The van der Waals surface area contributed by atoms with Crippen LogP contribution in [-0.4, -0.2) is 12.3 Å². The fraction of sp³-hybridized carbons (Fsp3) is 0.269. The first-order valence-corrected chi connectivity index (χ1v) is 12.9. The highest BCUT2D eigenvalue weighted by molar-refractivity contribution is 7.98. The van der Waals surface area contributed by atoms with Gasteiger partial charge in [-0.05, 0) is 85.2 Å². The van der Waals surface area contributed by atoms with Crippen LogP contribution in [0.3, 0.4) is 0 Å². The monoisotopic (exact) mass is 501 g/mol. The summed E-state index contributed by atoms with van der Waals surface area (Å²) in [6.45, 7) is 6.03. The molecule has 0 aromatic heterocycles. The maximum Gasteiger partial charge on any atom is 0.326 e. The van der Waals surface area contributed by atoms with Gasteiger partial charge in [0.05, 0.1) is 11.7 Å². The van der Waals surface area contributed by atoms with Crippen LogP contribution in [0.15, 0.2) is 59.5 Å².